The van der Waals surface area contributed by atoms with E-state index >= 15 is 0 Å². The molecule has 114 valence electrons. The third-order valence-corrected chi connectivity index (χ3v) is 2.42. The zero-order valence-corrected chi connectivity index (χ0v) is 9.29. The van der Waals surface area contributed by atoms with Crippen molar-refractivity contribution in [3.63, 3.8) is 0 Å². The van der Waals surface area contributed by atoms with E-state index in [-0.39, 0.29) is 17.8 Å². The van der Waals surface area contributed by atoms with Crippen molar-refractivity contribution in [3.05, 3.63) is 29.8 Å². The third kappa shape index (κ3) is 2.27. The van der Waals surface area contributed by atoms with Gasteiger partial charge in [-0.1, -0.05) is 12.1 Å². The summed E-state index contributed by atoms with van der Waals surface area (Å²) in [5.74, 6) is -19.3. The highest BCUT2D eigenvalue weighted by molar-refractivity contribution is 5.41. The lowest BCUT2D eigenvalue weighted by Crippen LogP contribution is -2.59. The van der Waals surface area contributed by atoms with Gasteiger partial charge in [0.25, 0.3) is 0 Å². The molecule has 0 radical (unpaired) electrons. The van der Waals surface area contributed by atoms with Gasteiger partial charge in [-0.05, 0) is 12.1 Å². The van der Waals surface area contributed by atoms with Crippen molar-refractivity contribution in [2.24, 2.45) is 0 Å². The van der Waals surface area contributed by atoms with Gasteiger partial charge in [0.1, 0.15) is 0 Å². The fourth-order valence-corrected chi connectivity index (χ4v) is 1.25. The molecule has 0 aliphatic heterocycles. The van der Waals surface area contributed by atoms with Gasteiger partial charge in [-0.15, -0.1) is 0 Å². The van der Waals surface area contributed by atoms with Crippen LogP contribution in [0.1, 0.15) is 5.56 Å². The minimum Gasteiger partial charge on any atom is -0.399 e. The predicted molar refractivity (Wildman–Crippen MR) is 50.7 cm³/mol. The first kappa shape index (κ1) is 16.4. The molecule has 0 saturated heterocycles. The minimum absolute atomic E-state index is 0.157. The van der Waals surface area contributed by atoms with Gasteiger partial charge in [0.15, 0.2) is 0 Å². The fourth-order valence-electron chi connectivity index (χ4n) is 1.25. The molecule has 2 N–H and O–H groups in total. The molecule has 0 fully saturated rings. The molecule has 0 aliphatic rings. The van der Waals surface area contributed by atoms with Crippen LogP contribution in [0.2, 0.25) is 0 Å². The predicted octanol–water partition coefficient (Wildman–Crippen LogP) is 4.19. The number of alkyl halides is 9. The van der Waals surface area contributed by atoms with Crippen LogP contribution < -0.4 is 5.73 Å². The summed E-state index contributed by atoms with van der Waals surface area (Å²) in [6.45, 7) is 0. The van der Waals surface area contributed by atoms with Crippen LogP contribution in [0.4, 0.5) is 45.2 Å². The molecule has 0 atom stereocenters. The maximum absolute atomic E-state index is 13.3. The van der Waals surface area contributed by atoms with Crippen LogP contribution in [0, 0.1) is 0 Å². The van der Waals surface area contributed by atoms with Crippen LogP contribution in [0.5, 0.6) is 0 Å². The first-order chi connectivity index (χ1) is 8.75. The zero-order valence-electron chi connectivity index (χ0n) is 9.29. The first-order valence-corrected chi connectivity index (χ1v) is 4.81. The van der Waals surface area contributed by atoms with E-state index in [0.717, 1.165) is 0 Å². The largest absolute Gasteiger partial charge is 0.460 e. The molecule has 0 saturated carbocycles. The Morgan fingerprint density at radius 3 is 1.40 bits per heavy atom. The van der Waals surface area contributed by atoms with Crippen molar-refractivity contribution in [2.75, 3.05) is 5.73 Å². The number of hydrogen-bond donors (Lipinski definition) is 1. The summed E-state index contributed by atoms with van der Waals surface area (Å²) >= 11 is 0. The van der Waals surface area contributed by atoms with Crippen LogP contribution >= 0.6 is 0 Å². The van der Waals surface area contributed by atoms with Crippen molar-refractivity contribution >= 4 is 5.69 Å². The molecule has 0 unspecified atom stereocenters. The Labute approximate surface area is 106 Å². The Kier molecular flexibility index (Phi) is 3.66. The van der Waals surface area contributed by atoms with Gasteiger partial charge in [0.2, 0.25) is 0 Å². The van der Waals surface area contributed by atoms with Crippen LogP contribution in [0.3, 0.4) is 0 Å². The minimum atomic E-state index is -6.90. The second-order valence-electron chi connectivity index (χ2n) is 3.84. The summed E-state index contributed by atoms with van der Waals surface area (Å²) in [5.41, 5.74) is 3.21. The van der Waals surface area contributed by atoms with E-state index in [1.54, 1.807) is 0 Å². The summed E-state index contributed by atoms with van der Waals surface area (Å²) in [4.78, 5) is 0. The highest BCUT2D eigenvalue weighted by Crippen LogP contribution is 2.56. The number of anilines is 1. The van der Waals surface area contributed by atoms with Crippen molar-refractivity contribution in [1.82, 2.24) is 0 Å². The topological polar surface area (TPSA) is 26.0 Å². The Hall–Kier alpha value is -1.61. The summed E-state index contributed by atoms with van der Waals surface area (Å²) in [5, 5.41) is 0. The molecule has 0 heterocycles. The van der Waals surface area contributed by atoms with Crippen LogP contribution in [0.25, 0.3) is 0 Å². The lowest BCUT2D eigenvalue weighted by molar-refractivity contribution is -0.399. The highest BCUT2D eigenvalue weighted by atomic mass is 19.4. The Morgan fingerprint density at radius 1 is 0.650 bits per heavy atom. The van der Waals surface area contributed by atoms with Gasteiger partial charge >= 0.3 is 23.9 Å². The lowest BCUT2D eigenvalue weighted by Gasteiger charge is -2.33. The van der Waals surface area contributed by atoms with E-state index in [4.69, 9.17) is 5.73 Å². The molecule has 1 aromatic carbocycles. The standard InChI is InChI=1S/C10H6F9N/c11-7(12,5-1-3-6(20)4-2-5)8(13,14)9(15,16)10(17,18)19/h1-4H,20H2. The van der Waals surface area contributed by atoms with E-state index in [2.05, 4.69) is 0 Å². The number of hydrogen-bond acceptors (Lipinski definition) is 1. The molecule has 0 spiro atoms. The van der Waals surface area contributed by atoms with Gasteiger partial charge in [0, 0.05) is 11.3 Å². The Balaban J connectivity index is 3.35. The Bertz CT molecular complexity index is 474. The number of halogens is 9. The zero-order chi connectivity index (χ0) is 16.0. The average Bonchev–Trinajstić information content (AvgIpc) is 2.27. The van der Waals surface area contributed by atoms with E-state index in [1.165, 1.54) is 0 Å². The number of benzene rings is 1. The molecule has 0 bridgehead atoms. The number of rotatable bonds is 3. The van der Waals surface area contributed by atoms with E-state index < -0.39 is 29.5 Å². The summed E-state index contributed by atoms with van der Waals surface area (Å²) in [6, 6.07) is 1.83. The Morgan fingerprint density at radius 2 is 1.05 bits per heavy atom. The van der Waals surface area contributed by atoms with Crippen molar-refractivity contribution in [1.29, 1.82) is 0 Å². The molecular formula is C10H6F9N. The van der Waals surface area contributed by atoms with Crippen LogP contribution in [-0.4, -0.2) is 18.0 Å². The second-order valence-corrected chi connectivity index (χ2v) is 3.84. The summed E-state index contributed by atoms with van der Waals surface area (Å²) in [6.07, 6.45) is -6.83. The monoisotopic (exact) mass is 311 g/mol. The van der Waals surface area contributed by atoms with E-state index in [1.807, 2.05) is 0 Å². The molecule has 20 heavy (non-hydrogen) atoms. The molecule has 1 rings (SSSR count). The molecule has 1 nitrogen and oxygen atoms in total. The second kappa shape index (κ2) is 4.45. The van der Waals surface area contributed by atoms with Crippen LogP contribution in [-0.2, 0) is 5.92 Å². The van der Waals surface area contributed by atoms with Gasteiger partial charge in [0.05, 0.1) is 0 Å². The highest BCUT2D eigenvalue weighted by Gasteiger charge is 2.81. The fraction of sp³-hybridized carbons (Fsp3) is 0.400. The molecule has 10 heteroatoms. The third-order valence-electron chi connectivity index (χ3n) is 2.42. The normalized spacial score (nSPS) is 14.4. The lowest BCUT2D eigenvalue weighted by atomic mass is 9.96. The smallest absolute Gasteiger partial charge is 0.399 e. The first-order valence-electron chi connectivity index (χ1n) is 4.81. The van der Waals surface area contributed by atoms with Gasteiger partial charge in [-0.2, -0.15) is 39.5 Å². The summed E-state index contributed by atoms with van der Waals surface area (Å²) in [7, 11) is 0. The number of nitrogens with two attached hydrogens (primary N) is 1. The average molecular weight is 311 g/mol. The quantitative estimate of drug-likeness (QED) is 0.657. The van der Waals surface area contributed by atoms with Crippen molar-refractivity contribution in [2.45, 2.75) is 23.9 Å². The molecule has 0 aliphatic carbocycles. The SMILES string of the molecule is Nc1ccc(C(F)(F)C(F)(F)C(F)(F)C(F)(F)F)cc1. The van der Waals surface area contributed by atoms with Gasteiger partial charge in [-0.3, -0.25) is 0 Å². The maximum atomic E-state index is 13.3. The van der Waals surface area contributed by atoms with Crippen LogP contribution in [0.15, 0.2) is 24.3 Å². The molecule has 0 aromatic heterocycles. The van der Waals surface area contributed by atoms with E-state index in [9.17, 15) is 39.5 Å². The van der Waals surface area contributed by atoms with Crippen molar-refractivity contribution in [3.8, 4) is 0 Å². The van der Waals surface area contributed by atoms with Gasteiger partial charge < -0.3 is 5.73 Å². The maximum Gasteiger partial charge on any atom is 0.460 e. The number of nitrogen functional groups attached to an aromatic ring is 1. The summed E-state index contributed by atoms with van der Waals surface area (Å²) < 4.78 is 113. The molecule has 1 aromatic rings. The van der Waals surface area contributed by atoms with E-state index in [0.29, 0.717) is 12.1 Å². The van der Waals surface area contributed by atoms with Crippen molar-refractivity contribution < 1.29 is 39.5 Å². The van der Waals surface area contributed by atoms with Gasteiger partial charge in [-0.25, -0.2) is 0 Å². The molecule has 0 amide bonds. The molecular weight excluding hydrogens is 305 g/mol.